The fraction of sp³-hybridized carbons (Fsp3) is 0.556. The third kappa shape index (κ3) is 4.67. The van der Waals surface area contributed by atoms with Gasteiger partial charge in [0.2, 0.25) is 11.8 Å². The van der Waals surface area contributed by atoms with Gasteiger partial charge in [0.25, 0.3) is 5.56 Å². The Bertz CT molecular complexity index is 1120. The Labute approximate surface area is 172 Å². The third-order valence-corrected chi connectivity index (χ3v) is 8.01. The minimum absolute atomic E-state index is 0.0637. The number of aromatic nitrogens is 2. The molecule has 1 fully saturated rings. The molecule has 3 rings (SSSR count). The highest BCUT2D eigenvalue weighted by molar-refractivity contribution is 7.91. The summed E-state index contributed by atoms with van der Waals surface area (Å²) in [6.45, 7) is 5.40. The molecule has 0 unspecified atom stereocenters. The maximum atomic E-state index is 12.7. The van der Waals surface area contributed by atoms with Gasteiger partial charge >= 0.3 is 0 Å². The van der Waals surface area contributed by atoms with E-state index in [4.69, 9.17) is 0 Å². The average molecular weight is 441 g/mol. The van der Waals surface area contributed by atoms with E-state index in [1.54, 1.807) is 6.92 Å². The second kappa shape index (κ2) is 8.23. The normalized spacial score (nSPS) is 18.1. The van der Waals surface area contributed by atoms with Gasteiger partial charge in [-0.3, -0.25) is 19.0 Å². The predicted molar refractivity (Wildman–Crippen MR) is 111 cm³/mol. The summed E-state index contributed by atoms with van der Waals surface area (Å²) in [6, 6.07) is -0.416. The van der Waals surface area contributed by atoms with E-state index < -0.39 is 21.8 Å². The first-order valence-electron chi connectivity index (χ1n) is 9.34. The number of carbonyl (C=O) groups is 2. The summed E-state index contributed by atoms with van der Waals surface area (Å²) in [5.74, 6) is -0.796. The first-order valence-corrected chi connectivity index (χ1v) is 12.0. The maximum absolute atomic E-state index is 12.7. The summed E-state index contributed by atoms with van der Waals surface area (Å²) < 4.78 is 24.3. The summed E-state index contributed by atoms with van der Waals surface area (Å²) in [4.78, 5) is 44.9. The Balaban J connectivity index is 1.68. The maximum Gasteiger partial charge on any atom is 0.262 e. The summed E-state index contributed by atoms with van der Waals surface area (Å²) in [5, 5.41) is 3.19. The van der Waals surface area contributed by atoms with Crippen LogP contribution in [0.15, 0.2) is 11.1 Å². The molecule has 0 spiro atoms. The van der Waals surface area contributed by atoms with Crippen molar-refractivity contribution in [3.63, 3.8) is 0 Å². The molecule has 1 N–H and O–H groups in total. The number of likely N-dealkylation sites (N-methyl/N-ethyl adjacent to an activating group) is 1. The molecule has 1 aliphatic heterocycles. The average Bonchev–Trinajstić information content (AvgIpc) is 3.13. The van der Waals surface area contributed by atoms with Crippen molar-refractivity contribution in [2.45, 2.75) is 39.8 Å². The molecular formula is C18H24N4O5S2. The van der Waals surface area contributed by atoms with Gasteiger partial charge in [0.05, 0.1) is 29.8 Å². The summed E-state index contributed by atoms with van der Waals surface area (Å²) >= 11 is 1.44. The van der Waals surface area contributed by atoms with Gasteiger partial charge in [0.15, 0.2) is 9.84 Å². The zero-order chi connectivity index (χ0) is 21.3. The lowest BCUT2D eigenvalue weighted by Gasteiger charge is -2.22. The molecule has 2 aromatic heterocycles. The molecule has 9 nitrogen and oxygen atoms in total. The lowest BCUT2D eigenvalue weighted by Crippen LogP contribution is -2.45. The highest BCUT2D eigenvalue weighted by Crippen LogP contribution is 2.25. The van der Waals surface area contributed by atoms with Crippen molar-refractivity contribution in [3.05, 3.63) is 27.1 Å². The van der Waals surface area contributed by atoms with Crippen LogP contribution < -0.4 is 10.9 Å². The largest absolute Gasteiger partial charge is 0.351 e. The predicted octanol–water partition coefficient (Wildman–Crippen LogP) is 0.227. The molecule has 0 aromatic carbocycles. The topological polar surface area (TPSA) is 118 Å². The smallest absolute Gasteiger partial charge is 0.262 e. The number of rotatable bonds is 6. The molecule has 1 saturated heterocycles. The van der Waals surface area contributed by atoms with Crippen molar-refractivity contribution in [2.75, 3.05) is 24.6 Å². The number of sulfone groups is 1. The second-order valence-corrected chi connectivity index (χ2v) is 10.6. The Morgan fingerprint density at radius 1 is 1.38 bits per heavy atom. The number of hydrogen-bond acceptors (Lipinski definition) is 7. The molecule has 2 aromatic rings. The number of nitrogens with one attached hydrogen (secondary N) is 1. The molecule has 0 bridgehead atoms. The van der Waals surface area contributed by atoms with Crippen molar-refractivity contribution in [2.24, 2.45) is 0 Å². The van der Waals surface area contributed by atoms with Crippen LogP contribution in [0.3, 0.4) is 0 Å². The first kappa shape index (κ1) is 21.4. The monoisotopic (exact) mass is 440 g/mol. The quantitative estimate of drug-likeness (QED) is 0.687. The minimum atomic E-state index is -3.10. The molecule has 11 heteroatoms. The molecule has 29 heavy (non-hydrogen) atoms. The van der Waals surface area contributed by atoms with Gasteiger partial charge < -0.3 is 10.2 Å². The van der Waals surface area contributed by atoms with Gasteiger partial charge in [0.1, 0.15) is 11.4 Å². The minimum Gasteiger partial charge on any atom is -0.351 e. The van der Waals surface area contributed by atoms with Crippen LogP contribution in [0, 0.1) is 13.8 Å². The summed E-state index contributed by atoms with van der Waals surface area (Å²) in [5.41, 5.74) is 0.587. The molecule has 158 valence electrons. The molecule has 2 amide bonds. The molecule has 0 saturated carbocycles. The zero-order valence-electron chi connectivity index (χ0n) is 16.6. The van der Waals surface area contributed by atoms with Crippen molar-refractivity contribution < 1.29 is 18.0 Å². The van der Waals surface area contributed by atoms with Gasteiger partial charge in [-0.25, -0.2) is 13.4 Å². The van der Waals surface area contributed by atoms with E-state index in [0.29, 0.717) is 16.6 Å². The van der Waals surface area contributed by atoms with Crippen molar-refractivity contribution in [3.8, 4) is 0 Å². The van der Waals surface area contributed by atoms with Crippen molar-refractivity contribution >= 4 is 43.2 Å². The van der Waals surface area contributed by atoms with Crippen LogP contribution in [0.25, 0.3) is 10.2 Å². The van der Waals surface area contributed by atoms with Crippen LogP contribution in [0.2, 0.25) is 0 Å². The lowest BCUT2D eigenvalue weighted by molar-refractivity contribution is -0.136. The molecule has 1 atom stereocenters. The molecule has 0 radical (unpaired) electrons. The zero-order valence-corrected chi connectivity index (χ0v) is 18.2. The van der Waals surface area contributed by atoms with E-state index in [1.165, 1.54) is 27.1 Å². The van der Waals surface area contributed by atoms with Gasteiger partial charge in [-0.15, -0.1) is 11.3 Å². The SMILES string of the molecule is CCN(CC(=O)N[C@H]1CCS(=O)(=O)C1)C(=O)Cn1cnc2sc(C)c(C)c2c1=O. The van der Waals surface area contributed by atoms with E-state index in [-0.39, 0.29) is 42.6 Å². The Morgan fingerprint density at radius 3 is 2.72 bits per heavy atom. The van der Waals surface area contributed by atoms with Gasteiger partial charge in [-0.05, 0) is 32.8 Å². The summed E-state index contributed by atoms with van der Waals surface area (Å²) in [6.07, 6.45) is 1.74. The van der Waals surface area contributed by atoms with Crippen LogP contribution in [-0.2, 0) is 26.0 Å². The molecule has 3 heterocycles. The van der Waals surface area contributed by atoms with Crippen molar-refractivity contribution in [1.29, 1.82) is 0 Å². The van der Waals surface area contributed by atoms with E-state index in [2.05, 4.69) is 10.3 Å². The fourth-order valence-electron chi connectivity index (χ4n) is 3.36. The van der Waals surface area contributed by atoms with Gasteiger partial charge in [-0.1, -0.05) is 0 Å². The molecular weight excluding hydrogens is 416 g/mol. The van der Waals surface area contributed by atoms with Gasteiger partial charge in [-0.2, -0.15) is 0 Å². The Kier molecular flexibility index (Phi) is 6.08. The molecule has 1 aliphatic rings. The van der Waals surface area contributed by atoms with Gasteiger partial charge in [0, 0.05) is 17.5 Å². The number of thiophene rings is 1. The Morgan fingerprint density at radius 2 is 2.10 bits per heavy atom. The van der Waals surface area contributed by atoms with Crippen LogP contribution >= 0.6 is 11.3 Å². The van der Waals surface area contributed by atoms with Crippen LogP contribution in [-0.4, -0.2) is 65.3 Å². The van der Waals surface area contributed by atoms with E-state index in [0.717, 1.165) is 10.4 Å². The molecule has 0 aliphatic carbocycles. The Hall–Kier alpha value is -2.27. The first-order chi connectivity index (χ1) is 13.6. The lowest BCUT2D eigenvalue weighted by atomic mass is 10.2. The number of amides is 2. The number of aryl methyl sites for hydroxylation is 2. The van der Waals surface area contributed by atoms with E-state index in [1.807, 2.05) is 13.8 Å². The second-order valence-electron chi connectivity index (χ2n) is 7.22. The summed E-state index contributed by atoms with van der Waals surface area (Å²) in [7, 11) is -3.10. The highest BCUT2D eigenvalue weighted by Gasteiger charge is 2.29. The van der Waals surface area contributed by atoms with Crippen LogP contribution in [0.4, 0.5) is 0 Å². The van der Waals surface area contributed by atoms with Crippen LogP contribution in [0.5, 0.6) is 0 Å². The van der Waals surface area contributed by atoms with E-state index in [9.17, 15) is 22.8 Å². The van der Waals surface area contributed by atoms with Crippen LogP contribution in [0.1, 0.15) is 23.8 Å². The van der Waals surface area contributed by atoms with Crippen molar-refractivity contribution in [1.82, 2.24) is 19.8 Å². The number of hydrogen-bond donors (Lipinski definition) is 1. The number of nitrogens with zero attached hydrogens (tertiary/aromatic N) is 3. The standard InChI is InChI=1S/C18H24N4O5S2/c1-4-21(7-14(23)20-13-5-6-29(26,27)9-13)15(24)8-22-10-19-17-16(18(22)25)11(2)12(3)28-17/h10,13H,4-9H2,1-3H3,(H,20,23)/t13-/m0/s1. The van der Waals surface area contributed by atoms with E-state index >= 15 is 0 Å². The number of carbonyl (C=O) groups excluding carboxylic acids is 2. The number of fused-ring (bicyclic) bond motifs is 1. The fourth-order valence-corrected chi connectivity index (χ4v) is 6.02. The highest BCUT2D eigenvalue weighted by atomic mass is 32.2. The third-order valence-electron chi connectivity index (χ3n) is 5.13.